The average Bonchev–Trinajstić information content (AvgIpc) is 3.32. The lowest BCUT2D eigenvalue weighted by atomic mass is 10.1. The number of morpholine rings is 1. The van der Waals surface area contributed by atoms with E-state index in [0.29, 0.717) is 53.7 Å². The fraction of sp³-hybridized carbons (Fsp3) is 0.200. The first-order chi connectivity index (χ1) is 18.3. The van der Waals surface area contributed by atoms with Crippen molar-refractivity contribution in [3.63, 3.8) is 0 Å². The maximum atomic E-state index is 13.2. The molecular formula is C25H22ClN7O4S. The van der Waals surface area contributed by atoms with Crippen LogP contribution >= 0.6 is 23.8 Å². The maximum absolute atomic E-state index is 13.2. The number of amides is 1. The van der Waals surface area contributed by atoms with E-state index < -0.39 is 10.8 Å². The van der Waals surface area contributed by atoms with Crippen LogP contribution in [0.4, 0.5) is 17.1 Å². The predicted octanol–water partition coefficient (Wildman–Crippen LogP) is 4.25. The fourth-order valence-corrected chi connectivity index (χ4v) is 4.46. The Balaban J connectivity index is 1.36. The average molecular weight is 552 g/mol. The highest BCUT2D eigenvalue weighted by atomic mass is 35.5. The third kappa shape index (κ3) is 5.42. The van der Waals surface area contributed by atoms with E-state index in [1.807, 2.05) is 36.1 Å². The minimum Gasteiger partial charge on any atom is -0.378 e. The first kappa shape index (κ1) is 25.5. The van der Waals surface area contributed by atoms with Gasteiger partial charge in [0.15, 0.2) is 5.11 Å². The van der Waals surface area contributed by atoms with Gasteiger partial charge < -0.3 is 15.0 Å². The zero-order valence-corrected chi connectivity index (χ0v) is 21.8. The van der Waals surface area contributed by atoms with E-state index >= 15 is 0 Å². The van der Waals surface area contributed by atoms with Crippen LogP contribution in [0, 0.1) is 17.0 Å². The van der Waals surface area contributed by atoms with Gasteiger partial charge in [0.1, 0.15) is 11.0 Å². The maximum Gasteiger partial charge on any atom is 0.270 e. The fourth-order valence-electron chi connectivity index (χ4n) is 4.05. The quantitative estimate of drug-likeness (QED) is 0.212. The van der Waals surface area contributed by atoms with Gasteiger partial charge in [-0.15, -0.1) is 10.2 Å². The number of nitrogens with zero attached hydrogens (tertiary/aromatic N) is 5. The van der Waals surface area contributed by atoms with Gasteiger partial charge in [0.05, 0.1) is 45.8 Å². The van der Waals surface area contributed by atoms with Crippen molar-refractivity contribution in [2.75, 3.05) is 36.5 Å². The molecule has 0 spiro atoms. The minimum atomic E-state index is -0.588. The van der Waals surface area contributed by atoms with Crippen molar-refractivity contribution in [1.82, 2.24) is 20.3 Å². The Kier molecular flexibility index (Phi) is 7.18. The number of non-ortho nitro benzene ring substituents is 1. The van der Waals surface area contributed by atoms with Crippen molar-refractivity contribution in [1.29, 1.82) is 0 Å². The number of benzene rings is 3. The number of carbonyl (C=O) groups excluding carboxylic acids is 1. The van der Waals surface area contributed by atoms with Gasteiger partial charge in [0, 0.05) is 25.2 Å². The topological polar surface area (TPSA) is 127 Å². The summed E-state index contributed by atoms with van der Waals surface area (Å²) in [5, 5.41) is 26.2. The number of thiocarbonyl (C=S) groups is 1. The van der Waals surface area contributed by atoms with Crippen molar-refractivity contribution in [2.45, 2.75) is 6.92 Å². The summed E-state index contributed by atoms with van der Waals surface area (Å²) in [7, 11) is 0. The van der Waals surface area contributed by atoms with Crippen molar-refractivity contribution in [3.05, 3.63) is 80.9 Å². The summed E-state index contributed by atoms with van der Waals surface area (Å²) >= 11 is 11.8. The molecule has 13 heteroatoms. The number of hydrogen-bond donors (Lipinski definition) is 2. The molecule has 1 aliphatic rings. The molecule has 2 N–H and O–H groups in total. The highest BCUT2D eigenvalue weighted by Crippen LogP contribution is 2.28. The van der Waals surface area contributed by atoms with Crippen molar-refractivity contribution in [2.24, 2.45) is 0 Å². The number of aromatic nitrogens is 3. The van der Waals surface area contributed by atoms with Gasteiger partial charge in [-0.25, -0.2) is 0 Å². The second-order valence-electron chi connectivity index (χ2n) is 8.61. The van der Waals surface area contributed by atoms with E-state index in [2.05, 4.69) is 20.8 Å². The highest BCUT2D eigenvalue weighted by molar-refractivity contribution is 7.80. The number of rotatable bonds is 5. The van der Waals surface area contributed by atoms with Gasteiger partial charge in [-0.2, -0.15) is 4.80 Å². The molecule has 38 heavy (non-hydrogen) atoms. The molecule has 1 amide bonds. The third-order valence-electron chi connectivity index (χ3n) is 6.00. The van der Waals surface area contributed by atoms with Crippen LogP contribution in [0.3, 0.4) is 0 Å². The monoisotopic (exact) mass is 551 g/mol. The summed E-state index contributed by atoms with van der Waals surface area (Å²) in [6.45, 7) is 4.10. The molecule has 0 atom stereocenters. The lowest BCUT2D eigenvalue weighted by Crippen LogP contribution is -2.39. The van der Waals surface area contributed by atoms with E-state index in [4.69, 9.17) is 28.6 Å². The van der Waals surface area contributed by atoms with E-state index in [9.17, 15) is 14.9 Å². The largest absolute Gasteiger partial charge is 0.378 e. The van der Waals surface area contributed by atoms with Crippen LogP contribution in [-0.4, -0.2) is 57.2 Å². The first-order valence-electron chi connectivity index (χ1n) is 11.7. The molecule has 5 rings (SSSR count). The molecule has 0 aliphatic carbocycles. The minimum absolute atomic E-state index is 0.0263. The van der Waals surface area contributed by atoms with Crippen LogP contribution in [0.25, 0.3) is 16.7 Å². The van der Waals surface area contributed by atoms with Crippen molar-refractivity contribution in [3.8, 4) is 5.69 Å². The van der Waals surface area contributed by atoms with Crippen molar-refractivity contribution >= 4 is 62.9 Å². The Labute approximate surface area is 227 Å². The molecule has 0 radical (unpaired) electrons. The number of carbonyl (C=O) groups is 1. The molecule has 0 bridgehead atoms. The summed E-state index contributed by atoms with van der Waals surface area (Å²) in [6.07, 6.45) is 0. The third-order valence-corrected chi connectivity index (χ3v) is 6.51. The number of nitro groups is 1. The van der Waals surface area contributed by atoms with Gasteiger partial charge in [-0.3, -0.25) is 20.2 Å². The number of ether oxygens (including phenoxy) is 1. The number of halogens is 1. The Morgan fingerprint density at radius 3 is 2.45 bits per heavy atom. The van der Waals surface area contributed by atoms with Crippen LogP contribution in [-0.2, 0) is 4.74 Å². The van der Waals surface area contributed by atoms with Crippen LogP contribution in [0.5, 0.6) is 0 Å². The lowest BCUT2D eigenvalue weighted by molar-refractivity contribution is -0.384. The second-order valence-corrected chi connectivity index (χ2v) is 9.43. The molecule has 2 heterocycles. The molecule has 1 aromatic heterocycles. The standard InChI is InChI=1S/C25H22ClN7O4S/c1-15-2-4-16(5-3-15)32-29-21-13-19(26)20(14-22(21)30-32)27-25(38)28-24(34)18-12-17(33(35)36)6-7-23(18)31-8-10-37-11-9-31/h2-7,12-14H,8-11H2,1H3,(H2,27,28,34,38). The van der Waals surface area contributed by atoms with E-state index in [-0.39, 0.29) is 16.4 Å². The number of nitrogens with one attached hydrogen (secondary N) is 2. The number of hydrogen-bond acceptors (Lipinski definition) is 8. The zero-order valence-electron chi connectivity index (χ0n) is 20.2. The number of aryl methyl sites for hydroxylation is 1. The van der Waals surface area contributed by atoms with Crippen LogP contribution in [0.15, 0.2) is 54.6 Å². The van der Waals surface area contributed by atoms with E-state index in [0.717, 1.165) is 11.3 Å². The van der Waals surface area contributed by atoms with Gasteiger partial charge >= 0.3 is 0 Å². The summed E-state index contributed by atoms with van der Waals surface area (Å²) in [4.78, 5) is 27.5. The molecule has 4 aromatic rings. The molecule has 3 aromatic carbocycles. The predicted molar refractivity (Wildman–Crippen MR) is 148 cm³/mol. The Bertz CT molecular complexity index is 1550. The lowest BCUT2D eigenvalue weighted by Gasteiger charge is -2.30. The summed E-state index contributed by atoms with van der Waals surface area (Å²) < 4.78 is 5.38. The van der Waals surface area contributed by atoms with E-state index in [1.165, 1.54) is 16.9 Å². The van der Waals surface area contributed by atoms with Gasteiger partial charge in [-0.1, -0.05) is 29.3 Å². The number of nitro benzene ring substituents is 1. The Morgan fingerprint density at radius 1 is 1.08 bits per heavy atom. The molecule has 194 valence electrons. The van der Waals surface area contributed by atoms with Gasteiger partial charge in [-0.05, 0) is 49.5 Å². The van der Waals surface area contributed by atoms with Crippen LogP contribution in [0.2, 0.25) is 5.02 Å². The molecule has 1 fully saturated rings. The normalized spacial score (nSPS) is 13.4. The first-order valence-corrected chi connectivity index (χ1v) is 12.4. The SMILES string of the molecule is Cc1ccc(-n2nc3cc(Cl)c(NC(=S)NC(=O)c4cc([N+](=O)[O-])ccc4N4CCOCC4)cc3n2)cc1. The van der Waals surface area contributed by atoms with Crippen molar-refractivity contribution < 1.29 is 14.5 Å². The summed E-state index contributed by atoms with van der Waals surface area (Å²) in [6, 6.07) is 15.3. The second kappa shape index (κ2) is 10.7. The van der Waals surface area contributed by atoms with Crippen LogP contribution in [0.1, 0.15) is 15.9 Å². The Hall–Kier alpha value is -4.13. The molecule has 1 aliphatic heterocycles. The molecule has 0 unspecified atom stereocenters. The summed E-state index contributed by atoms with van der Waals surface area (Å²) in [5.41, 5.74) is 4.00. The van der Waals surface area contributed by atoms with Crippen LogP contribution < -0.4 is 15.5 Å². The molecule has 1 saturated heterocycles. The zero-order chi connectivity index (χ0) is 26.8. The smallest absolute Gasteiger partial charge is 0.270 e. The molecule has 0 saturated carbocycles. The number of anilines is 2. The van der Waals surface area contributed by atoms with Gasteiger partial charge in [0.2, 0.25) is 0 Å². The van der Waals surface area contributed by atoms with Gasteiger partial charge in [0.25, 0.3) is 11.6 Å². The van der Waals surface area contributed by atoms with E-state index in [1.54, 1.807) is 18.2 Å². The number of fused-ring (bicyclic) bond motifs is 1. The Morgan fingerprint density at radius 2 is 1.76 bits per heavy atom. The summed E-state index contributed by atoms with van der Waals surface area (Å²) in [5.74, 6) is -0.588. The molecule has 11 nitrogen and oxygen atoms in total. The highest BCUT2D eigenvalue weighted by Gasteiger charge is 2.23. The molecular weight excluding hydrogens is 530 g/mol.